The molecule has 1 aromatic rings. The molecule has 0 aromatic heterocycles. The van der Waals surface area contributed by atoms with Crippen LogP contribution in [0.2, 0.25) is 0 Å². The maximum atomic E-state index is 12.6. The van der Waals surface area contributed by atoms with E-state index in [4.69, 9.17) is 10.5 Å². The van der Waals surface area contributed by atoms with Gasteiger partial charge in [0.25, 0.3) is 0 Å². The number of hydrogen-bond acceptors (Lipinski definition) is 6. The van der Waals surface area contributed by atoms with Gasteiger partial charge in [-0.15, -0.1) is 0 Å². The van der Waals surface area contributed by atoms with Gasteiger partial charge in [0.15, 0.2) is 15.6 Å². The lowest BCUT2D eigenvalue weighted by molar-refractivity contribution is 0.0967. The Labute approximate surface area is 143 Å². The zero-order valence-corrected chi connectivity index (χ0v) is 15.4. The highest BCUT2D eigenvalue weighted by Crippen LogP contribution is 2.31. The van der Waals surface area contributed by atoms with Crippen LogP contribution >= 0.6 is 0 Å². The lowest BCUT2D eigenvalue weighted by Gasteiger charge is -2.19. The van der Waals surface area contributed by atoms with Gasteiger partial charge in [-0.2, -0.15) is 0 Å². The molecular formula is C17H26N2O4S. The molecule has 0 bridgehead atoms. The number of sulfone groups is 1. The zero-order valence-electron chi connectivity index (χ0n) is 14.5. The summed E-state index contributed by atoms with van der Waals surface area (Å²) in [6.45, 7) is 2.61. The molecule has 134 valence electrons. The molecule has 0 spiro atoms. The van der Waals surface area contributed by atoms with Crippen LogP contribution in [0.5, 0.6) is 5.75 Å². The Bertz CT molecular complexity index is 716. The van der Waals surface area contributed by atoms with Crippen LogP contribution in [-0.4, -0.2) is 51.6 Å². The highest BCUT2D eigenvalue weighted by atomic mass is 32.2. The van der Waals surface area contributed by atoms with Crippen LogP contribution in [0, 0.1) is 0 Å². The molecule has 1 atom stereocenters. The molecule has 6 nitrogen and oxygen atoms in total. The number of anilines is 1. The van der Waals surface area contributed by atoms with Crippen molar-refractivity contribution in [3.05, 3.63) is 17.7 Å². The van der Waals surface area contributed by atoms with E-state index in [1.807, 2.05) is 0 Å². The second-order valence-electron chi connectivity index (χ2n) is 6.23. The van der Waals surface area contributed by atoms with E-state index in [1.54, 1.807) is 6.92 Å². The minimum absolute atomic E-state index is 0.00661. The maximum Gasteiger partial charge on any atom is 0.180 e. The first kappa shape index (κ1) is 18.7. The first-order chi connectivity index (χ1) is 11.3. The standard InChI is InChI=1S/C17H26N2O4S/c1-4-24(21,22)17-10-13(16(23-3)11-14(17)18)15(20)8-7-12-6-5-9-19(12)2/h10-12H,4-9,18H2,1-3H3/t12-/m0/s1. The normalized spacial score (nSPS) is 18.7. The molecule has 0 radical (unpaired) electrons. The summed E-state index contributed by atoms with van der Waals surface area (Å²) in [6.07, 6.45) is 3.37. The molecule has 1 aliphatic heterocycles. The molecule has 0 unspecified atom stereocenters. The van der Waals surface area contributed by atoms with Crippen molar-refractivity contribution in [2.24, 2.45) is 0 Å². The third-order valence-corrected chi connectivity index (χ3v) is 6.51. The molecule has 7 heteroatoms. The summed E-state index contributed by atoms with van der Waals surface area (Å²) < 4.78 is 29.6. The number of carbonyl (C=O) groups excluding carboxylic acids is 1. The van der Waals surface area contributed by atoms with Gasteiger partial charge in [0.05, 0.1) is 29.0 Å². The Morgan fingerprint density at radius 2 is 2.12 bits per heavy atom. The van der Waals surface area contributed by atoms with Gasteiger partial charge in [0.2, 0.25) is 0 Å². The van der Waals surface area contributed by atoms with E-state index in [-0.39, 0.29) is 22.1 Å². The number of Topliss-reactive ketones (excluding diaryl/α,β-unsaturated/α-hetero) is 1. The summed E-state index contributed by atoms with van der Waals surface area (Å²) in [5, 5.41) is 0. The van der Waals surface area contributed by atoms with E-state index in [0.29, 0.717) is 23.8 Å². The lowest BCUT2D eigenvalue weighted by Crippen LogP contribution is -2.25. The number of rotatable bonds is 7. The molecule has 1 heterocycles. The third-order valence-electron chi connectivity index (χ3n) is 4.72. The quantitative estimate of drug-likeness (QED) is 0.596. The summed E-state index contributed by atoms with van der Waals surface area (Å²) in [4.78, 5) is 14.9. The second kappa shape index (κ2) is 7.53. The van der Waals surface area contributed by atoms with Crippen LogP contribution in [0.4, 0.5) is 5.69 Å². The first-order valence-corrected chi connectivity index (χ1v) is 9.89. The Balaban J connectivity index is 2.27. The number of nitrogens with zero attached hydrogens (tertiary/aromatic N) is 1. The van der Waals surface area contributed by atoms with Crippen molar-refractivity contribution in [2.45, 2.75) is 43.5 Å². The third kappa shape index (κ3) is 3.89. The number of likely N-dealkylation sites (tertiary alicyclic amines) is 1. The molecule has 24 heavy (non-hydrogen) atoms. The topological polar surface area (TPSA) is 89.7 Å². The number of nitrogen functional groups attached to an aromatic ring is 1. The second-order valence-corrected chi connectivity index (χ2v) is 8.48. The number of carbonyl (C=O) groups is 1. The molecule has 0 saturated carbocycles. The van der Waals surface area contributed by atoms with Crippen LogP contribution in [-0.2, 0) is 9.84 Å². The number of ether oxygens (including phenoxy) is 1. The highest BCUT2D eigenvalue weighted by Gasteiger charge is 2.25. The monoisotopic (exact) mass is 354 g/mol. The van der Waals surface area contributed by atoms with Gasteiger partial charge in [-0.1, -0.05) is 6.92 Å². The summed E-state index contributed by atoms with van der Waals surface area (Å²) in [7, 11) is 0.0258. The van der Waals surface area contributed by atoms with Crippen molar-refractivity contribution in [2.75, 3.05) is 32.2 Å². The van der Waals surface area contributed by atoms with E-state index in [1.165, 1.54) is 19.2 Å². The minimum atomic E-state index is -3.49. The molecule has 0 aliphatic carbocycles. The smallest absolute Gasteiger partial charge is 0.180 e. The van der Waals surface area contributed by atoms with Crippen molar-refractivity contribution in [1.82, 2.24) is 4.90 Å². The summed E-state index contributed by atoms with van der Waals surface area (Å²) in [5.41, 5.74) is 6.25. The predicted octanol–water partition coefficient (Wildman–Crippen LogP) is 2.13. The van der Waals surface area contributed by atoms with Gasteiger partial charge in [0.1, 0.15) is 5.75 Å². The largest absolute Gasteiger partial charge is 0.496 e. The van der Waals surface area contributed by atoms with Gasteiger partial charge in [-0.05, 0) is 38.9 Å². The van der Waals surface area contributed by atoms with Gasteiger partial charge in [-0.3, -0.25) is 4.79 Å². The molecule has 1 aromatic carbocycles. The van der Waals surface area contributed by atoms with Gasteiger partial charge < -0.3 is 15.4 Å². The van der Waals surface area contributed by atoms with Crippen molar-refractivity contribution in [1.29, 1.82) is 0 Å². The molecular weight excluding hydrogens is 328 g/mol. The summed E-state index contributed by atoms with van der Waals surface area (Å²) in [6, 6.07) is 3.21. The fraction of sp³-hybridized carbons (Fsp3) is 0.588. The van der Waals surface area contributed by atoms with Gasteiger partial charge in [0, 0.05) is 18.5 Å². The Morgan fingerprint density at radius 3 is 2.67 bits per heavy atom. The van der Waals surface area contributed by atoms with Gasteiger partial charge >= 0.3 is 0 Å². The number of ketones is 1. The fourth-order valence-corrected chi connectivity index (χ4v) is 4.19. The van der Waals surface area contributed by atoms with Crippen molar-refractivity contribution < 1.29 is 17.9 Å². The molecule has 1 saturated heterocycles. The Hall–Kier alpha value is -1.60. The van der Waals surface area contributed by atoms with Crippen LogP contribution in [0.25, 0.3) is 0 Å². The number of methoxy groups -OCH3 is 1. The van der Waals surface area contributed by atoms with Gasteiger partial charge in [-0.25, -0.2) is 8.42 Å². The van der Waals surface area contributed by atoms with Crippen molar-refractivity contribution in [3.63, 3.8) is 0 Å². The molecule has 2 N–H and O–H groups in total. The lowest BCUT2D eigenvalue weighted by atomic mass is 10.0. The average molecular weight is 354 g/mol. The SMILES string of the molecule is CCS(=O)(=O)c1cc(C(=O)CC[C@@H]2CCCN2C)c(OC)cc1N. The summed E-state index contributed by atoms with van der Waals surface area (Å²) in [5.74, 6) is 0.149. The molecule has 2 rings (SSSR count). The first-order valence-electron chi connectivity index (χ1n) is 8.23. The molecule has 1 fully saturated rings. The van der Waals surface area contributed by atoms with Crippen LogP contribution in [0.1, 0.15) is 43.0 Å². The minimum Gasteiger partial charge on any atom is -0.496 e. The highest BCUT2D eigenvalue weighted by molar-refractivity contribution is 7.91. The van der Waals surface area contributed by atoms with E-state index in [0.717, 1.165) is 25.8 Å². The van der Waals surface area contributed by atoms with E-state index >= 15 is 0 Å². The van der Waals surface area contributed by atoms with E-state index in [9.17, 15) is 13.2 Å². The van der Waals surface area contributed by atoms with Crippen LogP contribution in [0.3, 0.4) is 0 Å². The van der Waals surface area contributed by atoms with E-state index < -0.39 is 9.84 Å². The summed E-state index contributed by atoms with van der Waals surface area (Å²) >= 11 is 0. The number of benzene rings is 1. The van der Waals surface area contributed by atoms with E-state index in [2.05, 4.69) is 11.9 Å². The molecule has 1 aliphatic rings. The Morgan fingerprint density at radius 1 is 1.42 bits per heavy atom. The van der Waals surface area contributed by atoms with Crippen LogP contribution < -0.4 is 10.5 Å². The number of nitrogens with two attached hydrogens (primary N) is 1. The van der Waals surface area contributed by atoms with Crippen LogP contribution in [0.15, 0.2) is 17.0 Å². The zero-order chi connectivity index (χ0) is 17.9. The van der Waals surface area contributed by atoms with Crippen molar-refractivity contribution in [3.8, 4) is 5.75 Å². The maximum absolute atomic E-state index is 12.6. The Kier molecular flexibility index (Phi) is 5.87. The van der Waals surface area contributed by atoms with Crippen molar-refractivity contribution >= 4 is 21.3 Å². The average Bonchev–Trinajstić information content (AvgIpc) is 2.97. The fourth-order valence-electron chi connectivity index (χ4n) is 3.16. The predicted molar refractivity (Wildman–Crippen MR) is 94.3 cm³/mol. The number of hydrogen-bond donors (Lipinski definition) is 1. The molecule has 0 amide bonds.